The minimum Gasteiger partial charge on any atom is -0.382 e. The average molecular weight is 237 g/mol. The first-order valence-corrected chi connectivity index (χ1v) is 5.48. The number of fused-ring (bicyclic) bond motifs is 1. The van der Waals surface area contributed by atoms with Gasteiger partial charge in [-0.2, -0.15) is 0 Å². The smallest absolute Gasteiger partial charge is 0.141 e. The van der Waals surface area contributed by atoms with E-state index in [4.69, 9.17) is 11.1 Å². The summed E-state index contributed by atoms with van der Waals surface area (Å²) in [4.78, 5) is 8.37. The Labute approximate surface area is 103 Å². The van der Waals surface area contributed by atoms with Crippen molar-refractivity contribution >= 4 is 16.9 Å². The van der Waals surface area contributed by atoms with E-state index in [0.717, 1.165) is 16.7 Å². The van der Waals surface area contributed by atoms with Crippen LogP contribution in [0.5, 0.6) is 0 Å². The molecule has 5 nitrogen and oxygen atoms in total. The van der Waals surface area contributed by atoms with Crippen molar-refractivity contribution in [3.63, 3.8) is 0 Å². The predicted octanol–water partition coefficient (Wildman–Crippen LogP) is 1.70. The van der Waals surface area contributed by atoms with Crippen LogP contribution in [0.25, 0.3) is 16.7 Å². The number of hydrogen-bond acceptors (Lipinski definition) is 3. The molecular formula is C13H11N5. The predicted molar refractivity (Wildman–Crippen MR) is 69.9 cm³/mol. The van der Waals surface area contributed by atoms with Crippen molar-refractivity contribution in [1.29, 1.82) is 5.41 Å². The molecule has 88 valence electrons. The lowest BCUT2D eigenvalue weighted by Gasteiger charge is -2.05. The van der Waals surface area contributed by atoms with E-state index in [2.05, 4.69) is 9.97 Å². The molecule has 2 aromatic heterocycles. The zero-order valence-corrected chi connectivity index (χ0v) is 9.54. The normalized spacial score (nSPS) is 10.7. The lowest BCUT2D eigenvalue weighted by atomic mass is 10.2. The molecule has 0 bridgehead atoms. The maximum Gasteiger partial charge on any atom is 0.141 e. The molecule has 0 aliphatic rings. The summed E-state index contributed by atoms with van der Waals surface area (Å²) in [6.07, 6.45) is 3.39. The molecule has 0 amide bonds. The number of nitrogens with one attached hydrogen (secondary N) is 1. The molecule has 0 atom stereocenters. The van der Waals surface area contributed by atoms with E-state index < -0.39 is 0 Å². The number of benzene rings is 1. The van der Waals surface area contributed by atoms with Gasteiger partial charge in [-0.05, 0) is 24.3 Å². The Morgan fingerprint density at radius 3 is 2.83 bits per heavy atom. The molecule has 18 heavy (non-hydrogen) atoms. The Morgan fingerprint density at radius 1 is 1.17 bits per heavy atom. The fourth-order valence-corrected chi connectivity index (χ4v) is 1.88. The van der Waals surface area contributed by atoms with Crippen LogP contribution in [0.2, 0.25) is 0 Å². The third-order valence-corrected chi connectivity index (χ3v) is 2.75. The molecule has 0 saturated carbocycles. The van der Waals surface area contributed by atoms with E-state index in [9.17, 15) is 0 Å². The number of para-hydroxylation sites is 2. The molecular weight excluding hydrogens is 226 g/mol. The van der Waals surface area contributed by atoms with Crippen molar-refractivity contribution in [2.75, 3.05) is 0 Å². The van der Waals surface area contributed by atoms with Gasteiger partial charge in [-0.25, -0.2) is 4.98 Å². The summed E-state index contributed by atoms with van der Waals surface area (Å²) in [5, 5.41) is 7.41. The van der Waals surface area contributed by atoms with Crippen LogP contribution in [-0.2, 0) is 0 Å². The number of pyridine rings is 1. The Bertz CT molecular complexity index is 729. The maximum atomic E-state index is 7.41. The summed E-state index contributed by atoms with van der Waals surface area (Å²) >= 11 is 0. The number of nitrogens with zero attached hydrogens (tertiary/aromatic N) is 3. The van der Waals surface area contributed by atoms with E-state index in [0.29, 0.717) is 5.69 Å². The number of nitrogen functional groups attached to an aromatic ring is 1. The van der Waals surface area contributed by atoms with E-state index in [-0.39, 0.29) is 5.84 Å². The summed E-state index contributed by atoms with van der Waals surface area (Å²) in [5.41, 5.74) is 8.74. The van der Waals surface area contributed by atoms with Gasteiger partial charge in [-0.15, -0.1) is 0 Å². The fraction of sp³-hybridized carbons (Fsp3) is 0. The van der Waals surface area contributed by atoms with E-state index >= 15 is 0 Å². The van der Waals surface area contributed by atoms with Gasteiger partial charge in [0.05, 0.1) is 16.7 Å². The van der Waals surface area contributed by atoms with Gasteiger partial charge in [0.2, 0.25) is 0 Å². The van der Waals surface area contributed by atoms with Crippen molar-refractivity contribution in [1.82, 2.24) is 14.5 Å². The van der Waals surface area contributed by atoms with Gasteiger partial charge in [-0.1, -0.05) is 12.1 Å². The Hall–Kier alpha value is -2.69. The number of nitrogens with two attached hydrogens (primary N) is 1. The summed E-state index contributed by atoms with van der Waals surface area (Å²) in [6, 6.07) is 11.5. The third kappa shape index (κ3) is 1.62. The Kier molecular flexibility index (Phi) is 2.30. The van der Waals surface area contributed by atoms with Crippen molar-refractivity contribution in [3.05, 3.63) is 54.6 Å². The first-order chi connectivity index (χ1) is 8.75. The van der Waals surface area contributed by atoms with Crippen LogP contribution in [0.4, 0.5) is 0 Å². The van der Waals surface area contributed by atoms with Crippen molar-refractivity contribution in [2.24, 2.45) is 5.73 Å². The van der Waals surface area contributed by atoms with Gasteiger partial charge in [0, 0.05) is 6.20 Å². The fourth-order valence-electron chi connectivity index (χ4n) is 1.88. The number of hydrogen-bond donors (Lipinski definition) is 2. The average Bonchev–Trinajstić information content (AvgIpc) is 2.82. The lowest BCUT2D eigenvalue weighted by molar-refractivity contribution is 1.07. The highest BCUT2D eigenvalue weighted by molar-refractivity contribution is 5.93. The molecule has 0 aliphatic carbocycles. The molecule has 0 spiro atoms. The minimum absolute atomic E-state index is 0.0405. The molecule has 0 radical (unpaired) electrons. The highest BCUT2D eigenvalue weighted by atomic mass is 15.0. The van der Waals surface area contributed by atoms with Gasteiger partial charge in [0.1, 0.15) is 17.9 Å². The molecule has 0 saturated heterocycles. The van der Waals surface area contributed by atoms with Crippen molar-refractivity contribution in [2.45, 2.75) is 0 Å². The van der Waals surface area contributed by atoms with E-state index in [1.54, 1.807) is 18.6 Å². The van der Waals surface area contributed by atoms with Gasteiger partial charge >= 0.3 is 0 Å². The molecule has 1 aromatic carbocycles. The molecule has 2 heterocycles. The summed E-state index contributed by atoms with van der Waals surface area (Å²) in [7, 11) is 0. The van der Waals surface area contributed by atoms with Crippen LogP contribution in [0.15, 0.2) is 48.9 Å². The Morgan fingerprint density at radius 2 is 2.00 bits per heavy atom. The molecule has 3 N–H and O–H groups in total. The highest BCUT2D eigenvalue weighted by Gasteiger charge is 2.05. The summed E-state index contributed by atoms with van der Waals surface area (Å²) in [6.45, 7) is 0. The van der Waals surface area contributed by atoms with Gasteiger partial charge in [0.15, 0.2) is 0 Å². The quantitative estimate of drug-likeness (QED) is 0.526. The van der Waals surface area contributed by atoms with Crippen LogP contribution in [0, 0.1) is 5.41 Å². The minimum atomic E-state index is -0.0405. The number of imidazole rings is 1. The molecule has 3 rings (SSSR count). The first kappa shape index (κ1) is 10.5. The van der Waals surface area contributed by atoms with E-state index in [1.807, 2.05) is 34.9 Å². The lowest BCUT2D eigenvalue weighted by Crippen LogP contribution is -2.13. The number of rotatable bonds is 2. The molecule has 0 aliphatic heterocycles. The van der Waals surface area contributed by atoms with Gasteiger partial charge in [-0.3, -0.25) is 15.0 Å². The van der Waals surface area contributed by atoms with Gasteiger partial charge < -0.3 is 5.73 Å². The first-order valence-electron chi connectivity index (χ1n) is 5.48. The Balaban J connectivity index is 2.20. The molecule has 0 fully saturated rings. The van der Waals surface area contributed by atoms with Crippen LogP contribution in [-0.4, -0.2) is 20.4 Å². The van der Waals surface area contributed by atoms with Crippen LogP contribution in [0.1, 0.15) is 5.69 Å². The molecule has 3 aromatic rings. The number of amidine groups is 1. The zero-order chi connectivity index (χ0) is 12.5. The van der Waals surface area contributed by atoms with Crippen molar-refractivity contribution in [3.8, 4) is 5.69 Å². The second-order valence-electron chi connectivity index (χ2n) is 3.92. The second-order valence-corrected chi connectivity index (χ2v) is 3.92. The molecule has 5 heteroatoms. The van der Waals surface area contributed by atoms with Crippen LogP contribution >= 0.6 is 0 Å². The highest BCUT2D eigenvalue weighted by Crippen LogP contribution is 2.17. The van der Waals surface area contributed by atoms with Gasteiger partial charge in [0.25, 0.3) is 0 Å². The summed E-state index contributed by atoms with van der Waals surface area (Å²) < 4.78 is 1.95. The maximum absolute atomic E-state index is 7.41. The van der Waals surface area contributed by atoms with E-state index in [1.165, 1.54) is 0 Å². The summed E-state index contributed by atoms with van der Waals surface area (Å²) in [5.74, 6) is -0.0405. The van der Waals surface area contributed by atoms with Crippen LogP contribution in [0.3, 0.4) is 0 Å². The molecule has 0 unspecified atom stereocenters. The SMILES string of the molecule is N=C(N)c1cc(-n2cnc3ccccc32)ccn1. The van der Waals surface area contributed by atoms with Crippen molar-refractivity contribution < 1.29 is 0 Å². The zero-order valence-electron chi connectivity index (χ0n) is 9.54. The monoisotopic (exact) mass is 237 g/mol. The number of aromatic nitrogens is 3. The van der Waals surface area contributed by atoms with Crippen LogP contribution < -0.4 is 5.73 Å². The second kappa shape index (κ2) is 3.96. The third-order valence-electron chi connectivity index (χ3n) is 2.75. The topological polar surface area (TPSA) is 80.6 Å². The standard InChI is InChI=1S/C13H11N5/c14-13(15)11-7-9(5-6-16-11)18-8-17-10-3-1-2-4-12(10)18/h1-8H,(H3,14,15). The largest absolute Gasteiger partial charge is 0.382 e.